The van der Waals surface area contributed by atoms with Crippen molar-refractivity contribution in [3.05, 3.63) is 12.4 Å². The SMILES string of the molecule is Cn1cc(N2CCC[C@H](N[C@@H]3CCC[C@H](C(F)(F)F)C3)C2)cn1. The summed E-state index contributed by atoms with van der Waals surface area (Å²) in [7, 11) is 1.89. The van der Waals surface area contributed by atoms with Crippen LogP contribution in [0.1, 0.15) is 38.5 Å². The minimum atomic E-state index is -4.05. The molecule has 0 aromatic carbocycles. The number of hydrogen-bond acceptors (Lipinski definition) is 3. The van der Waals surface area contributed by atoms with Crippen LogP contribution in [0.4, 0.5) is 18.9 Å². The van der Waals surface area contributed by atoms with E-state index in [0.717, 1.165) is 38.0 Å². The van der Waals surface area contributed by atoms with Gasteiger partial charge in [0.1, 0.15) is 0 Å². The van der Waals surface area contributed by atoms with Crippen LogP contribution >= 0.6 is 0 Å². The number of rotatable bonds is 3. The smallest absolute Gasteiger partial charge is 0.367 e. The summed E-state index contributed by atoms with van der Waals surface area (Å²) in [6.07, 6.45) is 3.92. The Morgan fingerprint density at radius 3 is 2.65 bits per heavy atom. The predicted molar refractivity (Wildman–Crippen MR) is 83.4 cm³/mol. The quantitative estimate of drug-likeness (QED) is 0.924. The molecule has 2 heterocycles. The van der Waals surface area contributed by atoms with Crippen LogP contribution < -0.4 is 10.2 Å². The Hall–Kier alpha value is -1.24. The van der Waals surface area contributed by atoms with Gasteiger partial charge < -0.3 is 10.2 Å². The Kier molecular flexibility index (Phi) is 4.85. The van der Waals surface area contributed by atoms with Crippen LogP contribution in [0.15, 0.2) is 12.4 Å². The maximum atomic E-state index is 12.9. The highest BCUT2D eigenvalue weighted by atomic mass is 19.4. The van der Waals surface area contributed by atoms with Crippen molar-refractivity contribution in [2.24, 2.45) is 13.0 Å². The van der Waals surface area contributed by atoms with E-state index in [9.17, 15) is 13.2 Å². The minimum absolute atomic E-state index is 0.00535. The molecule has 1 aromatic rings. The molecule has 1 N–H and O–H groups in total. The van der Waals surface area contributed by atoms with Crippen LogP contribution in [0, 0.1) is 5.92 Å². The van der Waals surface area contributed by atoms with Crippen molar-refractivity contribution in [1.82, 2.24) is 15.1 Å². The molecule has 0 radical (unpaired) electrons. The average Bonchev–Trinajstić information content (AvgIpc) is 2.94. The molecular formula is C16H25F3N4. The van der Waals surface area contributed by atoms with E-state index in [2.05, 4.69) is 15.3 Å². The summed E-state index contributed by atoms with van der Waals surface area (Å²) in [6, 6.07) is 0.259. The Bertz CT molecular complexity index is 514. The number of alkyl halides is 3. The van der Waals surface area contributed by atoms with Gasteiger partial charge in [0.15, 0.2) is 0 Å². The third-order valence-corrected chi connectivity index (χ3v) is 5.09. The van der Waals surface area contributed by atoms with Gasteiger partial charge in [-0.05, 0) is 32.1 Å². The van der Waals surface area contributed by atoms with E-state index in [1.54, 1.807) is 4.68 Å². The van der Waals surface area contributed by atoms with Crippen molar-refractivity contribution in [3.63, 3.8) is 0 Å². The van der Waals surface area contributed by atoms with E-state index >= 15 is 0 Å². The minimum Gasteiger partial charge on any atom is -0.367 e. The first-order chi connectivity index (χ1) is 10.9. The molecule has 1 aliphatic heterocycles. The van der Waals surface area contributed by atoms with E-state index in [4.69, 9.17) is 0 Å². The highest BCUT2D eigenvalue weighted by Gasteiger charge is 2.42. The van der Waals surface area contributed by atoms with Crippen molar-refractivity contribution in [3.8, 4) is 0 Å². The first-order valence-corrected chi connectivity index (χ1v) is 8.48. The molecule has 3 rings (SSSR count). The van der Waals surface area contributed by atoms with Crippen molar-refractivity contribution in [2.75, 3.05) is 18.0 Å². The zero-order valence-corrected chi connectivity index (χ0v) is 13.5. The molecule has 0 bridgehead atoms. The molecule has 23 heavy (non-hydrogen) atoms. The molecule has 1 aromatic heterocycles. The van der Waals surface area contributed by atoms with Crippen molar-refractivity contribution in [1.29, 1.82) is 0 Å². The van der Waals surface area contributed by atoms with Crippen molar-refractivity contribution < 1.29 is 13.2 Å². The van der Waals surface area contributed by atoms with Gasteiger partial charge in [-0.1, -0.05) is 6.42 Å². The third kappa shape index (κ3) is 4.19. The monoisotopic (exact) mass is 330 g/mol. The molecule has 2 fully saturated rings. The van der Waals surface area contributed by atoms with Gasteiger partial charge >= 0.3 is 6.18 Å². The fourth-order valence-corrected chi connectivity index (χ4v) is 3.89. The van der Waals surface area contributed by atoms with Gasteiger partial charge in [-0.3, -0.25) is 4.68 Å². The number of piperidine rings is 1. The van der Waals surface area contributed by atoms with E-state index in [1.165, 1.54) is 0 Å². The fraction of sp³-hybridized carbons (Fsp3) is 0.812. The topological polar surface area (TPSA) is 33.1 Å². The number of nitrogens with one attached hydrogen (secondary N) is 1. The Balaban J connectivity index is 1.55. The molecule has 0 amide bonds. The zero-order chi connectivity index (χ0) is 16.4. The first-order valence-electron chi connectivity index (χ1n) is 8.48. The summed E-state index contributed by atoms with van der Waals surface area (Å²) in [6.45, 7) is 1.83. The number of halogens is 3. The van der Waals surface area contributed by atoms with Gasteiger partial charge in [0.2, 0.25) is 0 Å². The number of anilines is 1. The molecule has 0 unspecified atom stereocenters. The second kappa shape index (κ2) is 6.71. The predicted octanol–water partition coefficient (Wildman–Crippen LogP) is 3.10. The van der Waals surface area contributed by atoms with Gasteiger partial charge in [-0.25, -0.2) is 0 Å². The molecule has 3 atom stereocenters. The van der Waals surface area contributed by atoms with Crippen LogP contribution in [0.2, 0.25) is 0 Å². The van der Waals surface area contributed by atoms with Gasteiger partial charge in [-0.15, -0.1) is 0 Å². The summed E-state index contributed by atoms with van der Waals surface area (Å²) in [4.78, 5) is 2.28. The van der Waals surface area contributed by atoms with Crippen molar-refractivity contribution >= 4 is 5.69 Å². The van der Waals surface area contributed by atoms with Crippen LogP contribution in [-0.2, 0) is 7.05 Å². The summed E-state index contributed by atoms with van der Waals surface area (Å²) < 4.78 is 40.6. The Morgan fingerprint density at radius 1 is 1.17 bits per heavy atom. The maximum absolute atomic E-state index is 12.9. The number of hydrogen-bond donors (Lipinski definition) is 1. The van der Waals surface area contributed by atoms with Crippen LogP contribution in [0.3, 0.4) is 0 Å². The molecular weight excluding hydrogens is 305 g/mol. The lowest BCUT2D eigenvalue weighted by molar-refractivity contribution is -0.183. The lowest BCUT2D eigenvalue weighted by Gasteiger charge is -2.38. The lowest BCUT2D eigenvalue weighted by Crippen LogP contribution is -2.51. The Labute approximate surface area is 135 Å². The van der Waals surface area contributed by atoms with Crippen LogP contribution in [-0.4, -0.2) is 41.1 Å². The van der Waals surface area contributed by atoms with Gasteiger partial charge in [0.25, 0.3) is 0 Å². The zero-order valence-electron chi connectivity index (χ0n) is 13.5. The number of nitrogens with zero attached hydrogens (tertiary/aromatic N) is 3. The standard InChI is InChI=1S/C16H25F3N4/c1-22-11-15(9-20-22)23-7-3-6-14(10-23)21-13-5-2-4-12(8-13)16(17,18)19/h9,11-14,21H,2-8,10H2,1H3/t12-,13+,14-/m0/s1. The molecule has 130 valence electrons. The van der Waals surface area contributed by atoms with Crippen LogP contribution in [0.25, 0.3) is 0 Å². The van der Waals surface area contributed by atoms with Crippen molar-refractivity contribution in [2.45, 2.75) is 56.8 Å². The van der Waals surface area contributed by atoms with Crippen LogP contribution in [0.5, 0.6) is 0 Å². The Morgan fingerprint density at radius 2 is 1.96 bits per heavy atom. The highest BCUT2D eigenvalue weighted by molar-refractivity contribution is 5.43. The van der Waals surface area contributed by atoms with E-state index in [1.807, 2.05) is 19.4 Å². The summed E-state index contributed by atoms with van der Waals surface area (Å²) in [5.41, 5.74) is 1.09. The fourth-order valence-electron chi connectivity index (χ4n) is 3.89. The molecule has 4 nitrogen and oxygen atoms in total. The molecule has 1 saturated heterocycles. The van der Waals surface area contributed by atoms with Gasteiger partial charge in [-0.2, -0.15) is 18.3 Å². The van der Waals surface area contributed by atoms with Gasteiger partial charge in [0.05, 0.1) is 17.8 Å². The number of aromatic nitrogens is 2. The summed E-state index contributed by atoms with van der Waals surface area (Å²) >= 11 is 0. The van der Waals surface area contributed by atoms with E-state index in [0.29, 0.717) is 6.42 Å². The average molecular weight is 330 g/mol. The summed E-state index contributed by atoms with van der Waals surface area (Å²) in [5, 5.41) is 7.70. The van der Waals surface area contributed by atoms with E-state index in [-0.39, 0.29) is 24.9 Å². The van der Waals surface area contributed by atoms with Gasteiger partial charge in [0, 0.05) is 38.4 Å². The highest BCUT2D eigenvalue weighted by Crippen LogP contribution is 2.37. The number of aryl methyl sites for hydroxylation is 1. The normalized spacial score (nSPS) is 29.7. The summed E-state index contributed by atoms with van der Waals surface area (Å²) in [5.74, 6) is -1.13. The molecule has 1 saturated carbocycles. The van der Waals surface area contributed by atoms with E-state index < -0.39 is 12.1 Å². The molecule has 0 spiro atoms. The molecule has 2 aliphatic rings. The first kappa shape index (κ1) is 16.6. The molecule has 7 heteroatoms. The maximum Gasteiger partial charge on any atom is 0.391 e. The molecule has 1 aliphatic carbocycles. The third-order valence-electron chi connectivity index (χ3n) is 5.09. The lowest BCUT2D eigenvalue weighted by atomic mass is 9.84. The second-order valence-electron chi connectivity index (χ2n) is 6.93. The second-order valence-corrected chi connectivity index (χ2v) is 6.93. The largest absolute Gasteiger partial charge is 0.391 e.